The number of unbranched alkanes of at least 4 members (excludes halogenated alkanes) is 1. The quantitative estimate of drug-likeness (QED) is 0.415. The number of thioether (sulfide) groups is 1. The van der Waals surface area contributed by atoms with Crippen molar-refractivity contribution in [3.63, 3.8) is 0 Å². The van der Waals surface area contributed by atoms with Gasteiger partial charge in [0.1, 0.15) is 5.82 Å². The van der Waals surface area contributed by atoms with Crippen LogP contribution in [0.1, 0.15) is 25.5 Å². The minimum atomic E-state index is 0.585. The van der Waals surface area contributed by atoms with Crippen molar-refractivity contribution in [2.75, 3.05) is 44.1 Å². The molecule has 0 aromatic carbocycles. The van der Waals surface area contributed by atoms with Crippen LogP contribution in [0.15, 0.2) is 23.2 Å². The summed E-state index contributed by atoms with van der Waals surface area (Å²) in [4.78, 5) is 11.2. The third-order valence-corrected chi connectivity index (χ3v) is 3.76. The van der Waals surface area contributed by atoms with Gasteiger partial charge in [0.05, 0.1) is 12.2 Å². The van der Waals surface area contributed by atoms with Gasteiger partial charge in [-0.05, 0) is 43.9 Å². The number of rotatable bonds is 9. The molecule has 0 amide bonds. The highest BCUT2D eigenvalue weighted by Gasteiger charge is 2.01. The summed E-state index contributed by atoms with van der Waals surface area (Å²) in [7, 11) is 3.99. The molecular formula is C16H29N5S. The smallest absolute Gasteiger partial charge is 0.191 e. The Balaban J connectivity index is 2.52. The van der Waals surface area contributed by atoms with Crippen LogP contribution in [0, 0.1) is 0 Å². The number of nitrogens with one attached hydrogen (secondary N) is 2. The lowest BCUT2D eigenvalue weighted by molar-refractivity contribution is 0.733. The molecule has 6 heteroatoms. The third-order valence-electron chi connectivity index (χ3n) is 3.06. The molecule has 2 N–H and O–H groups in total. The van der Waals surface area contributed by atoms with E-state index in [0.717, 1.165) is 30.6 Å². The van der Waals surface area contributed by atoms with Crippen LogP contribution in [-0.4, -0.2) is 50.1 Å². The largest absolute Gasteiger partial charge is 0.363 e. The predicted octanol–water partition coefficient (Wildman–Crippen LogP) is 2.35. The lowest BCUT2D eigenvalue weighted by atomic mass is 10.3. The van der Waals surface area contributed by atoms with Gasteiger partial charge >= 0.3 is 0 Å². The Bertz CT molecular complexity index is 448. The minimum absolute atomic E-state index is 0.585. The predicted molar refractivity (Wildman–Crippen MR) is 99.0 cm³/mol. The molecule has 1 aromatic heterocycles. The summed E-state index contributed by atoms with van der Waals surface area (Å²) < 4.78 is 0. The van der Waals surface area contributed by atoms with Gasteiger partial charge in [0.15, 0.2) is 5.96 Å². The summed E-state index contributed by atoms with van der Waals surface area (Å²) in [5.74, 6) is 3.04. The highest BCUT2D eigenvalue weighted by atomic mass is 32.2. The van der Waals surface area contributed by atoms with Gasteiger partial charge in [0.25, 0.3) is 0 Å². The first-order valence-electron chi connectivity index (χ1n) is 7.81. The number of hydrogen-bond acceptors (Lipinski definition) is 4. The van der Waals surface area contributed by atoms with E-state index in [9.17, 15) is 0 Å². The van der Waals surface area contributed by atoms with Crippen LogP contribution < -0.4 is 15.5 Å². The third kappa shape index (κ3) is 7.54. The molecular weight excluding hydrogens is 294 g/mol. The normalized spacial score (nSPS) is 11.4. The zero-order valence-corrected chi connectivity index (χ0v) is 15.0. The fraction of sp³-hybridized carbons (Fsp3) is 0.625. The molecule has 0 spiro atoms. The van der Waals surface area contributed by atoms with Crippen molar-refractivity contribution in [2.45, 2.75) is 26.3 Å². The topological polar surface area (TPSA) is 52.6 Å². The zero-order valence-electron chi connectivity index (χ0n) is 14.2. The van der Waals surface area contributed by atoms with Gasteiger partial charge in [-0.1, -0.05) is 6.07 Å². The van der Waals surface area contributed by atoms with Crippen molar-refractivity contribution in [1.82, 2.24) is 15.6 Å². The fourth-order valence-electron chi connectivity index (χ4n) is 1.88. The van der Waals surface area contributed by atoms with Crippen molar-refractivity contribution in [2.24, 2.45) is 4.99 Å². The molecule has 0 atom stereocenters. The minimum Gasteiger partial charge on any atom is -0.363 e. The summed E-state index contributed by atoms with van der Waals surface area (Å²) in [5, 5.41) is 6.66. The van der Waals surface area contributed by atoms with Crippen LogP contribution in [0.5, 0.6) is 0 Å². The maximum absolute atomic E-state index is 4.61. The van der Waals surface area contributed by atoms with Crippen LogP contribution in [0.2, 0.25) is 0 Å². The second-order valence-corrected chi connectivity index (χ2v) is 6.19. The maximum atomic E-state index is 4.61. The molecule has 0 saturated heterocycles. The first-order valence-corrected chi connectivity index (χ1v) is 9.21. The van der Waals surface area contributed by atoms with Gasteiger partial charge in [-0.3, -0.25) is 0 Å². The number of anilines is 1. The highest BCUT2D eigenvalue weighted by Crippen LogP contribution is 2.08. The number of aliphatic imine (C=N–C) groups is 1. The van der Waals surface area contributed by atoms with Crippen LogP contribution in [0.4, 0.5) is 5.82 Å². The van der Waals surface area contributed by atoms with Gasteiger partial charge in [0.2, 0.25) is 0 Å². The van der Waals surface area contributed by atoms with E-state index in [1.54, 1.807) is 0 Å². The Morgan fingerprint density at radius 3 is 2.77 bits per heavy atom. The molecule has 1 rings (SSSR count). The molecule has 1 heterocycles. The van der Waals surface area contributed by atoms with Crippen molar-refractivity contribution >= 4 is 23.5 Å². The van der Waals surface area contributed by atoms with Crippen LogP contribution in [0.3, 0.4) is 0 Å². The molecule has 0 aliphatic carbocycles. The lowest BCUT2D eigenvalue weighted by Gasteiger charge is -2.13. The Hall–Kier alpha value is -1.43. The Labute approximate surface area is 139 Å². The lowest BCUT2D eigenvalue weighted by Crippen LogP contribution is -2.37. The fourth-order valence-corrected chi connectivity index (χ4v) is 2.38. The van der Waals surface area contributed by atoms with E-state index < -0.39 is 0 Å². The zero-order chi connectivity index (χ0) is 16.2. The van der Waals surface area contributed by atoms with E-state index in [4.69, 9.17) is 0 Å². The van der Waals surface area contributed by atoms with E-state index in [0.29, 0.717) is 6.54 Å². The summed E-state index contributed by atoms with van der Waals surface area (Å²) >= 11 is 1.90. The average molecular weight is 324 g/mol. The SMILES string of the molecule is CCNC(=NCc1cccc(N(C)C)n1)NCCCCSC. The van der Waals surface area contributed by atoms with Crippen molar-refractivity contribution < 1.29 is 0 Å². The van der Waals surface area contributed by atoms with Crippen LogP contribution >= 0.6 is 11.8 Å². The Kier molecular flexibility index (Phi) is 9.46. The monoisotopic (exact) mass is 323 g/mol. The Morgan fingerprint density at radius 1 is 1.27 bits per heavy atom. The van der Waals surface area contributed by atoms with Crippen molar-refractivity contribution in [1.29, 1.82) is 0 Å². The molecule has 124 valence electrons. The molecule has 0 radical (unpaired) electrons. The number of aromatic nitrogens is 1. The first-order chi connectivity index (χ1) is 10.7. The van der Waals surface area contributed by atoms with E-state index in [-0.39, 0.29) is 0 Å². The highest BCUT2D eigenvalue weighted by molar-refractivity contribution is 7.98. The average Bonchev–Trinajstić information content (AvgIpc) is 2.52. The van der Waals surface area contributed by atoms with E-state index in [1.165, 1.54) is 18.6 Å². The van der Waals surface area contributed by atoms with E-state index in [2.05, 4.69) is 33.8 Å². The molecule has 0 unspecified atom stereocenters. The molecule has 0 bridgehead atoms. The van der Waals surface area contributed by atoms with Crippen LogP contribution in [0.25, 0.3) is 0 Å². The number of nitrogens with zero attached hydrogens (tertiary/aromatic N) is 3. The number of hydrogen-bond donors (Lipinski definition) is 2. The van der Waals surface area contributed by atoms with Gasteiger partial charge < -0.3 is 15.5 Å². The number of pyridine rings is 1. The molecule has 5 nitrogen and oxygen atoms in total. The molecule has 22 heavy (non-hydrogen) atoms. The van der Waals surface area contributed by atoms with Gasteiger partial charge in [-0.25, -0.2) is 9.98 Å². The first kappa shape index (κ1) is 18.6. The maximum Gasteiger partial charge on any atom is 0.191 e. The molecule has 1 aromatic rings. The summed E-state index contributed by atoms with van der Waals surface area (Å²) in [6, 6.07) is 6.04. The van der Waals surface area contributed by atoms with E-state index >= 15 is 0 Å². The van der Waals surface area contributed by atoms with Crippen molar-refractivity contribution in [3.8, 4) is 0 Å². The van der Waals surface area contributed by atoms with Gasteiger partial charge in [-0.2, -0.15) is 11.8 Å². The molecule has 0 aliphatic rings. The van der Waals surface area contributed by atoms with Gasteiger partial charge in [-0.15, -0.1) is 0 Å². The standard InChI is InChI=1S/C16H29N5S/c1-5-17-16(18-11-6-7-12-22-4)19-13-14-9-8-10-15(20-14)21(2)3/h8-10H,5-7,11-13H2,1-4H3,(H2,17,18,19). The summed E-state index contributed by atoms with van der Waals surface area (Å²) in [6.07, 6.45) is 4.55. The second kappa shape index (κ2) is 11.2. The second-order valence-electron chi connectivity index (χ2n) is 5.20. The summed E-state index contributed by atoms with van der Waals surface area (Å²) in [6.45, 7) is 4.48. The summed E-state index contributed by atoms with van der Waals surface area (Å²) in [5.41, 5.74) is 0.978. The molecule has 0 fully saturated rings. The molecule has 0 aliphatic heterocycles. The van der Waals surface area contributed by atoms with Crippen molar-refractivity contribution in [3.05, 3.63) is 23.9 Å². The Morgan fingerprint density at radius 2 is 2.09 bits per heavy atom. The van der Waals surface area contributed by atoms with Crippen LogP contribution in [-0.2, 0) is 6.54 Å². The number of guanidine groups is 1. The molecule has 0 saturated carbocycles. The van der Waals surface area contributed by atoms with E-state index in [1.807, 2.05) is 49.0 Å². The van der Waals surface area contributed by atoms with Gasteiger partial charge in [0, 0.05) is 27.2 Å².